The Morgan fingerprint density at radius 2 is 2.05 bits per heavy atom. The highest BCUT2D eigenvalue weighted by Gasteiger charge is 2.20. The van der Waals surface area contributed by atoms with E-state index in [2.05, 4.69) is 47.7 Å². The highest BCUT2D eigenvalue weighted by Crippen LogP contribution is 2.33. The molecular weight excluding hydrogens is 268 g/mol. The summed E-state index contributed by atoms with van der Waals surface area (Å²) >= 11 is 1.75. The Hall–Kier alpha value is -1.52. The molecule has 2 aromatic rings. The lowest BCUT2D eigenvalue weighted by atomic mass is 10.0. The highest BCUT2D eigenvalue weighted by molar-refractivity contribution is 7.98. The van der Waals surface area contributed by atoms with Crippen molar-refractivity contribution < 1.29 is 4.74 Å². The topological polar surface area (TPSA) is 34.2 Å². The summed E-state index contributed by atoms with van der Waals surface area (Å²) in [6.07, 6.45) is 3.90. The Labute approximate surface area is 124 Å². The van der Waals surface area contributed by atoms with E-state index in [4.69, 9.17) is 4.74 Å². The monoisotopic (exact) mass is 288 g/mol. The molecule has 0 aliphatic carbocycles. The van der Waals surface area contributed by atoms with Gasteiger partial charge in [-0.1, -0.05) is 25.1 Å². The highest BCUT2D eigenvalue weighted by atomic mass is 32.2. The molecule has 20 heavy (non-hydrogen) atoms. The molecule has 2 rings (SSSR count). The van der Waals surface area contributed by atoms with E-state index in [0.717, 1.165) is 18.0 Å². The number of aromatic nitrogens is 1. The number of ether oxygens (including phenoxy) is 1. The van der Waals surface area contributed by atoms with Gasteiger partial charge in [0.25, 0.3) is 0 Å². The van der Waals surface area contributed by atoms with Crippen LogP contribution in [0.2, 0.25) is 0 Å². The Balaban J connectivity index is 2.50. The number of pyridine rings is 1. The fraction of sp³-hybridized carbons (Fsp3) is 0.312. The van der Waals surface area contributed by atoms with Crippen molar-refractivity contribution in [1.29, 1.82) is 0 Å². The second-order valence-electron chi connectivity index (χ2n) is 4.32. The molecule has 0 bridgehead atoms. The first-order chi connectivity index (χ1) is 9.81. The molecule has 3 nitrogen and oxygen atoms in total. The van der Waals surface area contributed by atoms with Crippen LogP contribution in [0.1, 0.15) is 24.2 Å². The van der Waals surface area contributed by atoms with Gasteiger partial charge in [-0.15, -0.1) is 11.8 Å². The van der Waals surface area contributed by atoms with Crippen LogP contribution in [0, 0.1) is 0 Å². The molecule has 0 saturated carbocycles. The first-order valence-corrected chi connectivity index (χ1v) is 7.89. The van der Waals surface area contributed by atoms with Gasteiger partial charge >= 0.3 is 0 Å². The van der Waals surface area contributed by atoms with Crippen molar-refractivity contribution in [3.8, 4) is 5.75 Å². The minimum absolute atomic E-state index is 0.0415. The normalized spacial score (nSPS) is 12.2. The third-order valence-corrected chi connectivity index (χ3v) is 3.96. The molecule has 0 spiro atoms. The summed E-state index contributed by atoms with van der Waals surface area (Å²) in [5.74, 6) is 0.814. The maximum atomic E-state index is 5.46. The van der Waals surface area contributed by atoms with E-state index in [1.807, 2.05) is 18.3 Å². The van der Waals surface area contributed by atoms with Crippen LogP contribution in [0.4, 0.5) is 0 Å². The van der Waals surface area contributed by atoms with Crippen LogP contribution >= 0.6 is 11.8 Å². The van der Waals surface area contributed by atoms with Gasteiger partial charge in [0.1, 0.15) is 11.4 Å². The zero-order valence-electron chi connectivity index (χ0n) is 12.1. The van der Waals surface area contributed by atoms with E-state index < -0.39 is 0 Å². The number of hydrogen-bond donors (Lipinski definition) is 1. The summed E-state index contributed by atoms with van der Waals surface area (Å²) in [5, 5.41) is 3.51. The van der Waals surface area contributed by atoms with Crippen molar-refractivity contribution in [1.82, 2.24) is 10.3 Å². The molecule has 0 radical (unpaired) electrons. The van der Waals surface area contributed by atoms with E-state index in [-0.39, 0.29) is 6.04 Å². The number of thioether (sulfide) groups is 1. The fourth-order valence-electron chi connectivity index (χ4n) is 2.26. The molecule has 0 aliphatic rings. The average molecular weight is 288 g/mol. The van der Waals surface area contributed by atoms with Gasteiger partial charge in [-0.2, -0.15) is 0 Å². The molecular formula is C16H20N2OS. The van der Waals surface area contributed by atoms with Crippen molar-refractivity contribution in [3.05, 3.63) is 53.9 Å². The van der Waals surface area contributed by atoms with Gasteiger partial charge in [0, 0.05) is 11.1 Å². The number of rotatable bonds is 6. The maximum absolute atomic E-state index is 5.46. The number of nitrogens with zero attached hydrogens (tertiary/aromatic N) is 1. The minimum Gasteiger partial charge on any atom is -0.495 e. The van der Waals surface area contributed by atoms with E-state index in [0.29, 0.717) is 0 Å². The van der Waals surface area contributed by atoms with E-state index in [1.54, 1.807) is 18.9 Å². The number of methoxy groups -OCH3 is 1. The van der Waals surface area contributed by atoms with Crippen LogP contribution in [0.25, 0.3) is 0 Å². The minimum atomic E-state index is 0.0415. The molecule has 1 unspecified atom stereocenters. The molecule has 0 amide bonds. The first-order valence-electron chi connectivity index (χ1n) is 6.67. The molecule has 1 aromatic carbocycles. The van der Waals surface area contributed by atoms with Gasteiger partial charge in [0.2, 0.25) is 0 Å². The van der Waals surface area contributed by atoms with E-state index in [1.165, 1.54) is 10.5 Å². The Bertz CT molecular complexity index is 512. The second-order valence-corrected chi connectivity index (χ2v) is 5.17. The smallest absolute Gasteiger partial charge is 0.142 e. The zero-order chi connectivity index (χ0) is 14.4. The molecule has 0 aliphatic heterocycles. The average Bonchev–Trinajstić information content (AvgIpc) is 2.52. The molecule has 1 aromatic heterocycles. The van der Waals surface area contributed by atoms with Crippen LogP contribution in [0.5, 0.6) is 5.75 Å². The lowest BCUT2D eigenvalue weighted by Gasteiger charge is -2.22. The first kappa shape index (κ1) is 14.9. The third-order valence-electron chi connectivity index (χ3n) is 3.15. The molecule has 4 heteroatoms. The van der Waals surface area contributed by atoms with Crippen molar-refractivity contribution in [2.45, 2.75) is 17.9 Å². The molecule has 1 atom stereocenters. The Morgan fingerprint density at radius 1 is 1.25 bits per heavy atom. The predicted molar refractivity (Wildman–Crippen MR) is 84.5 cm³/mol. The summed E-state index contributed by atoms with van der Waals surface area (Å²) in [6, 6.07) is 12.3. The number of nitrogens with one attached hydrogen (secondary N) is 1. The summed E-state index contributed by atoms with van der Waals surface area (Å²) in [6.45, 7) is 2.97. The van der Waals surface area contributed by atoms with Crippen LogP contribution in [-0.4, -0.2) is 24.9 Å². The van der Waals surface area contributed by atoms with Crippen LogP contribution < -0.4 is 10.1 Å². The number of hydrogen-bond acceptors (Lipinski definition) is 4. The van der Waals surface area contributed by atoms with Crippen LogP contribution in [0.15, 0.2) is 47.5 Å². The van der Waals surface area contributed by atoms with Gasteiger partial charge in [-0.3, -0.25) is 4.98 Å². The zero-order valence-corrected chi connectivity index (χ0v) is 12.9. The van der Waals surface area contributed by atoms with E-state index >= 15 is 0 Å². The third kappa shape index (κ3) is 3.14. The van der Waals surface area contributed by atoms with Crippen molar-refractivity contribution in [3.63, 3.8) is 0 Å². The fourth-order valence-corrected chi connectivity index (χ4v) is 2.89. The number of benzene rings is 1. The quantitative estimate of drug-likeness (QED) is 0.825. The van der Waals surface area contributed by atoms with E-state index in [9.17, 15) is 0 Å². The summed E-state index contributed by atoms with van der Waals surface area (Å²) < 4.78 is 5.46. The van der Waals surface area contributed by atoms with Gasteiger partial charge in [-0.05, 0) is 36.6 Å². The summed E-state index contributed by atoms with van der Waals surface area (Å²) in [4.78, 5) is 5.78. The largest absolute Gasteiger partial charge is 0.495 e. The summed E-state index contributed by atoms with van der Waals surface area (Å²) in [5.41, 5.74) is 2.16. The van der Waals surface area contributed by atoms with Crippen molar-refractivity contribution in [2.24, 2.45) is 0 Å². The second kappa shape index (κ2) is 7.31. The lowest BCUT2D eigenvalue weighted by Crippen LogP contribution is -2.24. The van der Waals surface area contributed by atoms with Gasteiger partial charge in [-0.25, -0.2) is 0 Å². The SMILES string of the molecule is CCNC(c1ccccc1SC)c1ncccc1OC. The van der Waals surface area contributed by atoms with Crippen LogP contribution in [0.3, 0.4) is 0 Å². The van der Waals surface area contributed by atoms with Gasteiger partial charge < -0.3 is 10.1 Å². The van der Waals surface area contributed by atoms with Crippen molar-refractivity contribution >= 4 is 11.8 Å². The standard InChI is InChI=1S/C16H20N2OS/c1-4-17-15(12-8-5-6-10-14(12)20-3)16-13(19-2)9-7-11-18-16/h5-11,15,17H,4H2,1-3H3. The Morgan fingerprint density at radius 3 is 2.75 bits per heavy atom. The summed E-state index contributed by atoms with van der Waals surface area (Å²) in [7, 11) is 1.68. The maximum Gasteiger partial charge on any atom is 0.142 e. The van der Waals surface area contributed by atoms with Gasteiger partial charge in [0.15, 0.2) is 0 Å². The lowest BCUT2D eigenvalue weighted by molar-refractivity contribution is 0.400. The molecule has 1 N–H and O–H groups in total. The molecule has 0 saturated heterocycles. The molecule has 0 fully saturated rings. The van der Waals surface area contributed by atoms with Crippen LogP contribution in [-0.2, 0) is 0 Å². The molecule has 106 valence electrons. The molecule has 1 heterocycles. The van der Waals surface area contributed by atoms with Gasteiger partial charge in [0.05, 0.1) is 13.2 Å². The predicted octanol–water partition coefficient (Wildman–Crippen LogP) is 3.51. The Kier molecular flexibility index (Phi) is 5.44. The van der Waals surface area contributed by atoms with Crippen molar-refractivity contribution in [2.75, 3.05) is 19.9 Å².